The Morgan fingerprint density at radius 3 is 2.35 bits per heavy atom. The van der Waals surface area contributed by atoms with Gasteiger partial charge < -0.3 is 14.8 Å². The minimum absolute atomic E-state index is 0.0347. The van der Waals surface area contributed by atoms with Gasteiger partial charge in [0.25, 0.3) is 11.5 Å². The van der Waals surface area contributed by atoms with E-state index in [4.69, 9.17) is 14.5 Å². The van der Waals surface area contributed by atoms with E-state index in [1.54, 1.807) is 11.7 Å². The van der Waals surface area contributed by atoms with E-state index in [1.807, 2.05) is 118 Å². The predicted molar refractivity (Wildman–Crippen MR) is 172 cm³/mol. The lowest BCUT2D eigenvalue weighted by molar-refractivity contribution is -0.113. The standard InChI is InChI=1S/C35H31N3O4S/c1-21(2)42-29-19-16-24(27-12-8-9-13-28(27)29)20-30-34(40)38-32(23-14-17-26(41-4)18-15-23)31(22(3)36-35(38)43-30)33(39)37-25-10-6-5-7-11-25/h5-21,32H,1-4H3,(H,37,39)/b30-20+/t32-/m0/s1. The van der Waals surface area contributed by atoms with E-state index >= 15 is 0 Å². The van der Waals surface area contributed by atoms with Gasteiger partial charge in [0.1, 0.15) is 11.5 Å². The maximum Gasteiger partial charge on any atom is 0.271 e. The summed E-state index contributed by atoms with van der Waals surface area (Å²) in [5, 5.41) is 4.95. The molecule has 0 saturated heterocycles. The summed E-state index contributed by atoms with van der Waals surface area (Å²) >= 11 is 1.31. The first-order valence-electron chi connectivity index (χ1n) is 14.1. The summed E-state index contributed by atoms with van der Waals surface area (Å²) in [5.74, 6) is 1.17. The minimum Gasteiger partial charge on any atom is -0.497 e. The van der Waals surface area contributed by atoms with Crippen molar-refractivity contribution in [3.8, 4) is 11.5 Å². The van der Waals surface area contributed by atoms with Crippen molar-refractivity contribution in [2.24, 2.45) is 4.99 Å². The normalized spacial score (nSPS) is 14.9. The zero-order valence-corrected chi connectivity index (χ0v) is 25.1. The van der Waals surface area contributed by atoms with Crippen LogP contribution in [0.3, 0.4) is 0 Å². The first-order chi connectivity index (χ1) is 20.8. The summed E-state index contributed by atoms with van der Waals surface area (Å²) in [6.45, 7) is 5.81. The molecule has 1 aromatic heterocycles. The number of amides is 1. The van der Waals surface area contributed by atoms with Crippen molar-refractivity contribution in [2.45, 2.75) is 32.9 Å². The van der Waals surface area contributed by atoms with E-state index in [9.17, 15) is 9.59 Å². The Bertz CT molecular complexity index is 2040. The Balaban J connectivity index is 1.51. The number of thiazole rings is 1. The summed E-state index contributed by atoms with van der Waals surface area (Å²) in [7, 11) is 1.60. The Morgan fingerprint density at radius 1 is 0.953 bits per heavy atom. The predicted octanol–water partition coefficient (Wildman–Crippen LogP) is 5.82. The molecule has 43 heavy (non-hydrogen) atoms. The quantitative estimate of drug-likeness (QED) is 0.259. The monoisotopic (exact) mass is 589 g/mol. The van der Waals surface area contributed by atoms with Gasteiger partial charge in [0.2, 0.25) is 0 Å². The Morgan fingerprint density at radius 2 is 1.65 bits per heavy atom. The number of rotatable bonds is 7. The van der Waals surface area contributed by atoms with E-state index in [2.05, 4.69) is 5.32 Å². The van der Waals surface area contributed by atoms with Crippen molar-refractivity contribution in [3.05, 3.63) is 133 Å². The fourth-order valence-electron chi connectivity index (χ4n) is 5.35. The van der Waals surface area contributed by atoms with Crippen LogP contribution in [0, 0.1) is 0 Å². The van der Waals surface area contributed by atoms with E-state index in [1.165, 1.54) is 11.3 Å². The number of carbonyl (C=O) groups is 1. The molecule has 1 amide bonds. The maximum absolute atomic E-state index is 14.2. The molecule has 1 aliphatic rings. The number of methoxy groups -OCH3 is 1. The van der Waals surface area contributed by atoms with Gasteiger partial charge in [0, 0.05) is 11.1 Å². The molecule has 216 valence electrons. The van der Waals surface area contributed by atoms with Crippen LogP contribution in [-0.4, -0.2) is 23.7 Å². The van der Waals surface area contributed by atoms with Gasteiger partial charge in [-0.05, 0) is 73.7 Å². The van der Waals surface area contributed by atoms with Crippen LogP contribution >= 0.6 is 11.3 Å². The number of anilines is 1. The van der Waals surface area contributed by atoms with Crippen LogP contribution in [0.4, 0.5) is 5.69 Å². The van der Waals surface area contributed by atoms with Crippen LogP contribution in [0.2, 0.25) is 0 Å². The number of para-hydroxylation sites is 1. The topological polar surface area (TPSA) is 81.9 Å². The third kappa shape index (κ3) is 5.49. The summed E-state index contributed by atoms with van der Waals surface area (Å²) in [6.07, 6.45) is 1.94. The van der Waals surface area contributed by atoms with Gasteiger partial charge >= 0.3 is 0 Å². The highest BCUT2D eigenvalue weighted by Gasteiger charge is 2.32. The molecule has 0 radical (unpaired) electrons. The fourth-order valence-corrected chi connectivity index (χ4v) is 6.39. The number of nitrogens with zero attached hydrogens (tertiary/aromatic N) is 2. The molecule has 7 nitrogen and oxygen atoms in total. The maximum atomic E-state index is 14.2. The third-order valence-corrected chi connectivity index (χ3v) is 8.28. The van der Waals surface area contributed by atoms with Crippen molar-refractivity contribution in [2.75, 3.05) is 12.4 Å². The highest BCUT2D eigenvalue weighted by Crippen LogP contribution is 2.32. The van der Waals surface area contributed by atoms with Crippen molar-refractivity contribution >= 4 is 39.8 Å². The number of benzene rings is 4. The minimum atomic E-state index is -0.674. The second-order valence-electron chi connectivity index (χ2n) is 10.5. The van der Waals surface area contributed by atoms with Gasteiger partial charge in [-0.1, -0.05) is 72.0 Å². The molecule has 0 bridgehead atoms. The molecule has 4 aromatic carbocycles. The van der Waals surface area contributed by atoms with Crippen LogP contribution in [-0.2, 0) is 4.79 Å². The highest BCUT2D eigenvalue weighted by atomic mass is 32.1. The lowest BCUT2D eigenvalue weighted by Gasteiger charge is -2.25. The molecule has 0 fully saturated rings. The lowest BCUT2D eigenvalue weighted by atomic mass is 9.95. The molecule has 0 spiro atoms. The molecule has 6 rings (SSSR count). The number of fused-ring (bicyclic) bond motifs is 2. The molecule has 8 heteroatoms. The van der Waals surface area contributed by atoms with Gasteiger partial charge in [-0.25, -0.2) is 4.99 Å². The van der Waals surface area contributed by atoms with Gasteiger partial charge in [0.15, 0.2) is 4.80 Å². The van der Waals surface area contributed by atoms with E-state index in [0.717, 1.165) is 27.6 Å². The Kier molecular flexibility index (Phi) is 7.69. The summed E-state index contributed by atoms with van der Waals surface area (Å²) in [4.78, 5) is 33.3. The molecule has 1 N–H and O–H groups in total. The van der Waals surface area contributed by atoms with Crippen molar-refractivity contribution in [3.63, 3.8) is 0 Å². The van der Waals surface area contributed by atoms with Crippen LogP contribution in [0.15, 0.2) is 112 Å². The van der Waals surface area contributed by atoms with Crippen molar-refractivity contribution < 1.29 is 14.3 Å². The molecular weight excluding hydrogens is 558 g/mol. The molecule has 1 aliphatic heterocycles. The van der Waals surface area contributed by atoms with Crippen molar-refractivity contribution in [1.82, 2.24) is 4.57 Å². The van der Waals surface area contributed by atoms with Gasteiger partial charge in [-0.15, -0.1) is 0 Å². The molecule has 0 aliphatic carbocycles. The van der Waals surface area contributed by atoms with E-state index < -0.39 is 6.04 Å². The molecule has 5 aromatic rings. The molecular formula is C35H31N3O4S. The SMILES string of the molecule is COc1ccc([C@H]2C(C(=O)Nc3ccccc3)=C(C)N=c3s/c(=C/c4ccc(OC(C)C)c5ccccc45)c(=O)n32)cc1. The zero-order valence-electron chi connectivity index (χ0n) is 24.3. The van der Waals surface area contributed by atoms with Crippen LogP contribution in [0.5, 0.6) is 11.5 Å². The number of ether oxygens (including phenoxy) is 2. The number of hydrogen-bond donors (Lipinski definition) is 1. The first-order valence-corrected chi connectivity index (χ1v) is 14.9. The van der Waals surface area contributed by atoms with E-state index in [-0.39, 0.29) is 17.6 Å². The lowest BCUT2D eigenvalue weighted by Crippen LogP contribution is -2.40. The molecule has 1 atom stereocenters. The first kappa shape index (κ1) is 28.2. The average Bonchev–Trinajstić information content (AvgIpc) is 3.31. The fraction of sp³-hybridized carbons (Fsp3) is 0.171. The van der Waals surface area contributed by atoms with Crippen LogP contribution in [0.1, 0.15) is 37.9 Å². The molecule has 2 heterocycles. The summed E-state index contributed by atoms with van der Waals surface area (Å²) < 4.78 is 13.6. The number of allylic oxidation sites excluding steroid dienone is 1. The number of nitrogens with one attached hydrogen (secondary N) is 1. The average molecular weight is 590 g/mol. The number of aromatic nitrogens is 1. The molecule has 0 saturated carbocycles. The largest absolute Gasteiger partial charge is 0.497 e. The molecule has 0 unspecified atom stereocenters. The van der Waals surface area contributed by atoms with Gasteiger partial charge in [0.05, 0.1) is 35.1 Å². The zero-order chi connectivity index (χ0) is 30.1. The summed E-state index contributed by atoms with van der Waals surface area (Å²) in [5.41, 5.74) is 3.10. The highest BCUT2D eigenvalue weighted by molar-refractivity contribution is 7.07. The van der Waals surface area contributed by atoms with Crippen LogP contribution < -0.4 is 29.7 Å². The van der Waals surface area contributed by atoms with Crippen molar-refractivity contribution in [1.29, 1.82) is 0 Å². The number of hydrogen-bond acceptors (Lipinski definition) is 6. The number of carbonyl (C=O) groups excluding carboxylic acids is 1. The van der Waals surface area contributed by atoms with Crippen LogP contribution in [0.25, 0.3) is 16.8 Å². The second kappa shape index (κ2) is 11.7. The smallest absolute Gasteiger partial charge is 0.271 e. The van der Waals surface area contributed by atoms with Gasteiger partial charge in [-0.3, -0.25) is 14.2 Å². The Hall–Kier alpha value is -4.95. The summed E-state index contributed by atoms with van der Waals surface area (Å²) in [6, 6.07) is 28.0. The van der Waals surface area contributed by atoms with Gasteiger partial charge in [-0.2, -0.15) is 0 Å². The Labute approximate surface area is 253 Å². The van der Waals surface area contributed by atoms with E-state index in [0.29, 0.717) is 32.0 Å². The third-order valence-electron chi connectivity index (χ3n) is 7.30. The second-order valence-corrected chi connectivity index (χ2v) is 11.5.